The summed E-state index contributed by atoms with van der Waals surface area (Å²) in [4.78, 5) is 17.0. The number of hydrogen-bond acceptors (Lipinski definition) is 4. The first kappa shape index (κ1) is 12.4. The Balaban J connectivity index is 2.09. The van der Waals surface area contributed by atoms with Crippen LogP contribution in [0.15, 0.2) is 47.5 Å². The van der Waals surface area contributed by atoms with Crippen molar-refractivity contribution in [3.05, 3.63) is 48.2 Å². The lowest BCUT2D eigenvalue weighted by molar-refractivity contribution is 0.102. The molecule has 0 aliphatic heterocycles. The molecule has 1 amide bonds. The van der Waals surface area contributed by atoms with Gasteiger partial charge in [0.15, 0.2) is 0 Å². The van der Waals surface area contributed by atoms with E-state index in [1.165, 1.54) is 6.20 Å². The highest BCUT2D eigenvalue weighted by atomic mass is 32.2. The van der Waals surface area contributed by atoms with E-state index in [0.717, 1.165) is 4.90 Å². The molecule has 0 spiro atoms. The van der Waals surface area contributed by atoms with Gasteiger partial charge in [0.05, 0.1) is 11.9 Å². The van der Waals surface area contributed by atoms with Crippen LogP contribution in [-0.2, 0) is 0 Å². The van der Waals surface area contributed by atoms with Crippen LogP contribution in [0.5, 0.6) is 0 Å². The zero-order valence-corrected chi connectivity index (χ0v) is 10.7. The first-order valence-electron chi connectivity index (χ1n) is 5.36. The normalized spacial score (nSPS) is 10.1. The Morgan fingerprint density at radius 1 is 1.22 bits per heavy atom. The molecule has 1 heterocycles. The quantitative estimate of drug-likeness (QED) is 0.831. The van der Waals surface area contributed by atoms with E-state index in [1.807, 2.05) is 18.4 Å². The standard InChI is InChI=1S/C13H13N3OS/c1-18-11-5-2-9(3-6-11)13(17)16-10-4-7-12(14)15-8-10/h2-8H,1H3,(H2,14,15)(H,16,17). The molecule has 0 fully saturated rings. The van der Waals surface area contributed by atoms with Crippen molar-refractivity contribution in [3.8, 4) is 0 Å². The first-order chi connectivity index (χ1) is 8.69. The van der Waals surface area contributed by atoms with Gasteiger partial charge in [0.2, 0.25) is 0 Å². The van der Waals surface area contributed by atoms with Gasteiger partial charge >= 0.3 is 0 Å². The molecule has 2 aromatic rings. The Morgan fingerprint density at radius 3 is 2.50 bits per heavy atom. The minimum Gasteiger partial charge on any atom is -0.384 e. The summed E-state index contributed by atoms with van der Waals surface area (Å²) in [6.45, 7) is 0. The number of carbonyl (C=O) groups is 1. The summed E-state index contributed by atoms with van der Waals surface area (Å²) < 4.78 is 0. The average Bonchev–Trinajstić information content (AvgIpc) is 2.41. The zero-order chi connectivity index (χ0) is 13.0. The summed E-state index contributed by atoms with van der Waals surface area (Å²) in [6, 6.07) is 10.8. The van der Waals surface area contributed by atoms with Gasteiger partial charge in [-0.1, -0.05) is 0 Å². The molecule has 2 rings (SSSR count). The van der Waals surface area contributed by atoms with Gasteiger partial charge in [-0.05, 0) is 42.7 Å². The highest BCUT2D eigenvalue weighted by Gasteiger charge is 2.05. The average molecular weight is 259 g/mol. The maximum absolute atomic E-state index is 11.9. The molecule has 0 atom stereocenters. The smallest absolute Gasteiger partial charge is 0.255 e. The molecule has 0 radical (unpaired) electrons. The van der Waals surface area contributed by atoms with Crippen LogP contribution in [0.1, 0.15) is 10.4 Å². The number of hydrogen-bond donors (Lipinski definition) is 2. The third-order valence-corrected chi connectivity index (χ3v) is 3.14. The van der Waals surface area contributed by atoms with Crippen LogP contribution < -0.4 is 11.1 Å². The number of thioether (sulfide) groups is 1. The molecule has 4 nitrogen and oxygen atoms in total. The molecule has 0 aliphatic carbocycles. The number of nitrogen functional groups attached to an aromatic ring is 1. The minimum atomic E-state index is -0.158. The lowest BCUT2D eigenvalue weighted by Crippen LogP contribution is -2.11. The van der Waals surface area contributed by atoms with E-state index in [9.17, 15) is 4.79 Å². The van der Waals surface area contributed by atoms with Gasteiger partial charge in [0.1, 0.15) is 5.82 Å². The first-order valence-corrected chi connectivity index (χ1v) is 6.58. The van der Waals surface area contributed by atoms with E-state index in [0.29, 0.717) is 17.1 Å². The van der Waals surface area contributed by atoms with E-state index in [2.05, 4.69) is 10.3 Å². The molecule has 92 valence electrons. The second kappa shape index (κ2) is 5.55. The fraction of sp³-hybridized carbons (Fsp3) is 0.0769. The molecule has 0 saturated carbocycles. The Bertz CT molecular complexity index is 537. The summed E-state index contributed by atoms with van der Waals surface area (Å²) in [5, 5.41) is 2.76. The number of nitrogens with two attached hydrogens (primary N) is 1. The Kier molecular flexibility index (Phi) is 3.84. The van der Waals surface area contributed by atoms with Crippen molar-refractivity contribution in [1.29, 1.82) is 0 Å². The lowest BCUT2D eigenvalue weighted by atomic mass is 10.2. The Labute approximate surface area is 110 Å². The highest BCUT2D eigenvalue weighted by molar-refractivity contribution is 7.98. The van der Waals surface area contributed by atoms with Gasteiger partial charge in [0.25, 0.3) is 5.91 Å². The number of anilines is 2. The Morgan fingerprint density at radius 2 is 1.94 bits per heavy atom. The molecule has 5 heteroatoms. The summed E-state index contributed by atoms with van der Waals surface area (Å²) >= 11 is 1.64. The van der Waals surface area contributed by atoms with Crippen molar-refractivity contribution in [3.63, 3.8) is 0 Å². The van der Waals surface area contributed by atoms with Gasteiger partial charge in [-0.2, -0.15) is 0 Å². The summed E-state index contributed by atoms with van der Waals surface area (Å²) in [6.07, 6.45) is 3.53. The Hall–Kier alpha value is -2.01. The molecule has 3 N–H and O–H groups in total. The number of nitrogens with one attached hydrogen (secondary N) is 1. The molecular formula is C13H13N3OS. The van der Waals surface area contributed by atoms with Crippen LogP contribution in [0.3, 0.4) is 0 Å². The summed E-state index contributed by atoms with van der Waals surface area (Å²) in [7, 11) is 0. The van der Waals surface area contributed by atoms with E-state index < -0.39 is 0 Å². The number of benzene rings is 1. The predicted octanol–water partition coefficient (Wildman–Crippen LogP) is 2.64. The predicted molar refractivity (Wildman–Crippen MR) is 74.8 cm³/mol. The maximum Gasteiger partial charge on any atom is 0.255 e. The van der Waals surface area contributed by atoms with Gasteiger partial charge < -0.3 is 11.1 Å². The summed E-state index contributed by atoms with van der Waals surface area (Å²) in [5.74, 6) is 0.270. The number of rotatable bonds is 3. The lowest BCUT2D eigenvalue weighted by Gasteiger charge is -2.05. The SMILES string of the molecule is CSc1ccc(C(=O)Nc2ccc(N)nc2)cc1. The molecular weight excluding hydrogens is 246 g/mol. The van der Waals surface area contributed by atoms with Crippen molar-refractivity contribution in [2.75, 3.05) is 17.3 Å². The topological polar surface area (TPSA) is 68.0 Å². The van der Waals surface area contributed by atoms with Crippen LogP contribution in [0, 0.1) is 0 Å². The minimum absolute atomic E-state index is 0.158. The number of pyridine rings is 1. The largest absolute Gasteiger partial charge is 0.384 e. The third-order valence-electron chi connectivity index (χ3n) is 2.40. The fourth-order valence-corrected chi connectivity index (χ4v) is 1.83. The van der Waals surface area contributed by atoms with Gasteiger partial charge in [-0.3, -0.25) is 4.79 Å². The zero-order valence-electron chi connectivity index (χ0n) is 9.88. The molecule has 18 heavy (non-hydrogen) atoms. The highest BCUT2D eigenvalue weighted by Crippen LogP contribution is 2.16. The van der Waals surface area contributed by atoms with Crippen LogP contribution in [0.2, 0.25) is 0 Å². The van der Waals surface area contributed by atoms with Crippen molar-refractivity contribution in [2.24, 2.45) is 0 Å². The van der Waals surface area contributed by atoms with Gasteiger partial charge in [-0.25, -0.2) is 4.98 Å². The number of aromatic nitrogens is 1. The molecule has 0 unspecified atom stereocenters. The monoisotopic (exact) mass is 259 g/mol. The number of amides is 1. The molecule has 0 bridgehead atoms. The second-order valence-corrected chi connectivity index (χ2v) is 4.53. The van der Waals surface area contributed by atoms with E-state index >= 15 is 0 Å². The molecule has 1 aromatic carbocycles. The number of carbonyl (C=O) groups excluding carboxylic acids is 1. The molecule has 0 aliphatic rings. The van der Waals surface area contributed by atoms with Gasteiger partial charge in [0, 0.05) is 10.5 Å². The van der Waals surface area contributed by atoms with Crippen molar-refractivity contribution >= 4 is 29.2 Å². The van der Waals surface area contributed by atoms with Crippen LogP contribution in [-0.4, -0.2) is 17.1 Å². The van der Waals surface area contributed by atoms with Crippen LogP contribution >= 0.6 is 11.8 Å². The number of nitrogens with zero attached hydrogens (tertiary/aromatic N) is 1. The second-order valence-electron chi connectivity index (χ2n) is 3.65. The van der Waals surface area contributed by atoms with E-state index in [1.54, 1.807) is 36.0 Å². The van der Waals surface area contributed by atoms with Crippen molar-refractivity contribution < 1.29 is 4.79 Å². The van der Waals surface area contributed by atoms with E-state index in [4.69, 9.17) is 5.73 Å². The fourth-order valence-electron chi connectivity index (χ4n) is 1.42. The van der Waals surface area contributed by atoms with Crippen molar-refractivity contribution in [1.82, 2.24) is 4.98 Å². The molecule has 1 aromatic heterocycles. The molecule has 0 saturated heterocycles. The summed E-state index contributed by atoms with van der Waals surface area (Å²) in [5.41, 5.74) is 6.72. The van der Waals surface area contributed by atoms with E-state index in [-0.39, 0.29) is 5.91 Å². The van der Waals surface area contributed by atoms with Crippen LogP contribution in [0.4, 0.5) is 11.5 Å². The third kappa shape index (κ3) is 3.01. The maximum atomic E-state index is 11.9. The van der Waals surface area contributed by atoms with Crippen molar-refractivity contribution in [2.45, 2.75) is 4.90 Å². The van der Waals surface area contributed by atoms with Crippen LogP contribution in [0.25, 0.3) is 0 Å². The van der Waals surface area contributed by atoms with Gasteiger partial charge in [-0.15, -0.1) is 11.8 Å².